The number of hydrogen-bond acceptors (Lipinski definition) is 3. The molecule has 0 spiro atoms. The topological polar surface area (TPSA) is 18.5 Å². The van der Waals surface area contributed by atoms with Gasteiger partial charge in [-0.25, -0.2) is 4.39 Å². The van der Waals surface area contributed by atoms with Crippen LogP contribution in [0.25, 0.3) is 0 Å². The summed E-state index contributed by atoms with van der Waals surface area (Å²) in [5.41, 5.74) is 2.36. The van der Waals surface area contributed by atoms with E-state index in [1.807, 2.05) is 18.2 Å². The molecule has 4 heteroatoms. The summed E-state index contributed by atoms with van der Waals surface area (Å²) in [7, 11) is 0. The second kappa shape index (κ2) is 10.1. The van der Waals surface area contributed by atoms with E-state index < -0.39 is 5.67 Å². The van der Waals surface area contributed by atoms with Gasteiger partial charge in [0.15, 0.2) is 5.67 Å². The molecule has 3 aliphatic rings. The minimum Gasteiger partial charge on any atom is -0.385 e. The third-order valence-electron chi connectivity index (χ3n) is 8.12. The zero-order valence-corrected chi connectivity index (χ0v) is 20.4. The maximum atomic E-state index is 15.2. The van der Waals surface area contributed by atoms with Crippen LogP contribution >= 0.6 is 0 Å². The normalized spacial score (nSPS) is 29.6. The summed E-state index contributed by atoms with van der Waals surface area (Å²) >= 11 is 0. The van der Waals surface area contributed by atoms with Crippen molar-refractivity contribution in [1.82, 2.24) is 15.1 Å². The average Bonchev–Trinajstić information content (AvgIpc) is 3.20. The van der Waals surface area contributed by atoms with Crippen LogP contribution in [0.15, 0.2) is 84.6 Å². The summed E-state index contributed by atoms with van der Waals surface area (Å²) in [5, 5.41) is 3.60. The Hall–Kier alpha value is -2.43. The molecule has 2 saturated heterocycles. The van der Waals surface area contributed by atoms with Gasteiger partial charge in [-0.3, -0.25) is 4.90 Å². The van der Waals surface area contributed by atoms with Gasteiger partial charge in [0.05, 0.1) is 0 Å². The number of piperidine rings is 1. The Bertz CT molecular complexity index is 1000. The highest BCUT2D eigenvalue weighted by molar-refractivity contribution is 5.26. The molecule has 1 aliphatic carbocycles. The van der Waals surface area contributed by atoms with Gasteiger partial charge < -0.3 is 10.2 Å². The molecule has 0 bridgehead atoms. The van der Waals surface area contributed by atoms with Crippen LogP contribution in [0.5, 0.6) is 0 Å². The van der Waals surface area contributed by atoms with Crippen molar-refractivity contribution in [2.45, 2.75) is 38.4 Å². The molecule has 0 aromatic heterocycles. The van der Waals surface area contributed by atoms with E-state index in [9.17, 15) is 0 Å². The van der Waals surface area contributed by atoms with Gasteiger partial charge in [0.1, 0.15) is 0 Å². The molecule has 5 rings (SSSR count). The number of rotatable bonds is 8. The van der Waals surface area contributed by atoms with Crippen molar-refractivity contribution in [2.75, 3.05) is 39.3 Å². The Kier molecular flexibility index (Phi) is 6.89. The molecule has 2 heterocycles. The molecule has 3 unspecified atom stereocenters. The summed E-state index contributed by atoms with van der Waals surface area (Å²) in [6.07, 6.45) is 8.60. The standard InChI is InChI=1S/C30H38FN3/c1-29(31)17-9-8-14-28(29)32-22-30-23-33(18-15-25-10-4-2-5-11-25)19-16-27(30)21-34(24-30)20-26-12-6-3-7-13-26/h2-14,27,32H,15-24H2,1H3. The lowest BCUT2D eigenvalue weighted by Gasteiger charge is -2.45. The Morgan fingerprint density at radius 2 is 1.68 bits per heavy atom. The molecule has 1 N–H and O–H groups in total. The number of nitrogens with zero attached hydrogens (tertiary/aromatic N) is 2. The van der Waals surface area contributed by atoms with E-state index in [0.717, 1.165) is 57.9 Å². The maximum Gasteiger partial charge on any atom is 0.150 e. The van der Waals surface area contributed by atoms with Crippen molar-refractivity contribution in [1.29, 1.82) is 0 Å². The van der Waals surface area contributed by atoms with Crippen LogP contribution in [0.1, 0.15) is 30.9 Å². The van der Waals surface area contributed by atoms with Gasteiger partial charge in [0.2, 0.25) is 0 Å². The first-order chi connectivity index (χ1) is 16.5. The number of benzene rings is 2. The fourth-order valence-corrected chi connectivity index (χ4v) is 6.18. The largest absolute Gasteiger partial charge is 0.385 e. The maximum absolute atomic E-state index is 15.2. The predicted molar refractivity (Wildman–Crippen MR) is 138 cm³/mol. The zero-order chi connectivity index (χ0) is 23.4. The minimum absolute atomic E-state index is 0.141. The summed E-state index contributed by atoms with van der Waals surface area (Å²) in [6, 6.07) is 21.6. The summed E-state index contributed by atoms with van der Waals surface area (Å²) < 4.78 is 15.2. The predicted octanol–water partition coefficient (Wildman–Crippen LogP) is 5.21. The molecule has 3 nitrogen and oxygen atoms in total. The lowest BCUT2D eigenvalue weighted by Crippen LogP contribution is -2.54. The van der Waals surface area contributed by atoms with Crippen molar-refractivity contribution >= 4 is 0 Å². The first-order valence-corrected chi connectivity index (χ1v) is 12.9. The van der Waals surface area contributed by atoms with Gasteiger partial charge in [0, 0.05) is 56.8 Å². The molecule has 2 aromatic carbocycles. The fourth-order valence-electron chi connectivity index (χ4n) is 6.18. The third kappa shape index (κ3) is 5.29. The van der Waals surface area contributed by atoms with Crippen LogP contribution in [0.4, 0.5) is 4.39 Å². The van der Waals surface area contributed by atoms with Crippen LogP contribution < -0.4 is 5.32 Å². The Morgan fingerprint density at radius 1 is 0.971 bits per heavy atom. The van der Waals surface area contributed by atoms with E-state index in [1.165, 1.54) is 17.5 Å². The number of likely N-dealkylation sites (tertiary alicyclic amines) is 2. The van der Waals surface area contributed by atoms with Crippen molar-refractivity contribution in [3.05, 3.63) is 95.7 Å². The fraction of sp³-hybridized carbons (Fsp3) is 0.467. The Balaban J connectivity index is 1.30. The summed E-state index contributed by atoms with van der Waals surface area (Å²) in [4.78, 5) is 5.28. The lowest BCUT2D eigenvalue weighted by molar-refractivity contribution is 0.0602. The second-order valence-electron chi connectivity index (χ2n) is 10.8. The molecule has 3 atom stereocenters. The van der Waals surface area contributed by atoms with E-state index in [2.05, 4.69) is 75.8 Å². The number of hydrogen-bond donors (Lipinski definition) is 1. The van der Waals surface area contributed by atoms with E-state index in [0.29, 0.717) is 12.3 Å². The van der Waals surface area contributed by atoms with Crippen LogP contribution in [-0.2, 0) is 13.0 Å². The molecule has 2 fully saturated rings. The molecule has 0 radical (unpaired) electrons. The van der Waals surface area contributed by atoms with Crippen LogP contribution in [0.2, 0.25) is 0 Å². The monoisotopic (exact) mass is 459 g/mol. The van der Waals surface area contributed by atoms with Crippen LogP contribution in [-0.4, -0.2) is 54.7 Å². The number of halogens is 1. The SMILES string of the molecule is CC1(F)CC=CC=C1NCC12CN(CCc3ccccc3)CCC1CN(Cc1ccccc1)C2. The van der Waals surface area contributed by atoms with Crippen molar-refractivity contribution < 1.29 is 4.39 Å². The van der Waals surface area contributed by atoms with Crippen molar-refractivity contribution in [2.24, 2.45) is 11.3 Å². The minimum atomic E-state index is -1.30. The zero-order valence-electron chi connectivity index (χ0n) is 20.4. The van der Waals surface area contributed by atoms with Crippen molar-refractivity contribution in [3.8, 4) is 0 Å². The van der Waals surface area contributed by atoms with E-state index in [-0.39, 0.29) is 5.41 Å². The molecule has 0 saturated carbocycles. The Labute approximate surface area is 204 Å². The quantitative estimate of drug-likeness (QED) is 0.584. The van der Waals surface area contributed by atoms with Crippen LogP contribution in [0, 0.1) is 11.3 Å². The van der Waals surface area contributed by atoms with E-state index in [1.54, 1.807) is 6.92 Å². The first-order valence-electron chi connectivity index (χ1n) is 12.9. The molecular formula is C30H38FN3. The number of nitrogens with one attached hydrogen (secondary N) is 1. The summed E-state index contributed by atoms with van der Waals surface area (Å²) in [5.74, 6) is 0.641. The number of allylic oxidation sites excluding steroid dienone is 4. The van der Waals surface area contributed by atoms with Gasteiger partial charge >= 0.3 is 0 Å². The molecule has 34 heavy (non-hydrogen) atoms. The molecular weight excluding hydrogens is 421 g/mol. The van der Waals surface area contributed by atoms with Crippen LogP contribution in [0.3, 0.4) is 0 Å². The molecule has 0 amide bonds. The molecule has 2 aromatic rings. The molecule has 2 aliphatic heterocycles. The van der Waals surface area contributed by atoms with E-state index in [4.69, 9.17) is 0 Å². The van der Waals surface area contributed by atoms with Gasteiger partial charge in [0.25, 0.3) is 0 Å². The highest BCUT2D eigenvalue weighted by atomic mass is 19.1. The Morgan fingerprint density at radius 3 is 2.41 bits per heavy atom. The van der Waals surface area contributed by atoms with Gasteiger partial charge in [-0.05, 0) is 49.4 Å². The smallest absolute Gasteiger partial charge is 0.150 e. The first kappa shape index (κ1) is 23.3. The lowest BCUT2D eigenvalue weighted by atomic mass is 9.73. The van der Waals surface area contributed by atoms with Gasteiger partial charge in [-0.2, -0.15) is 0 Å². The second-order valence-corrected chi connectivity index (χ2v) is 10.8. The third-order valence-corrected chi connectivity index (χ3v) is 8.12. The molecule has 180 valence electrons. The summed E-state index contributed by atoms with van der Waals surface area (Å²) in [6.45, 7) is 9.05. The van der Waals surface area contributed by atoms with Gasteiger partial charge in [-0.1, -0.05) is 72.8 Å². The van der Waals surface area contributed by atoms with Crippen molar-refractivity contribution in [3.63, 3.8) is 0 Å². The number of alkyl halides is 1. The average molecular weight is 460 g/mol. The van der Waals surface area contributed by atoms with Gasteiger partial charge in [-0.15, -0.1) is 0 Å². The highest BCUT2D eigenvalue weighted by Gasteiger charge is 2.49. The van der Waals surface area contributed by atoms with E-state index >= 15 is 4.39 Å². The number of fused-ring (bicyclic) bond motifs is 1. The highest BCUT2D eigenvalue weighted by Crippen LogP contribution is 2.43.